The van der Waals surface area contributed by atoms with Gasteiger partial charge in [0.2, 0.25) is 11.9 Å². The molecule has 0 unspecified atom stereocenters. The zero-order valence-corrected chi connectivity index (χ0v) is 15.1. The van der Waals surface area contributed by atoms with Gasteiger partial charge in [0.05, 0.1) is 6.04 Å². The number of hydrogen-bond donors (Lipinski definition) is 1. The van der Waals surface area contributed by atoms with Crippen LogP contribution < -0.4 is 10.2 Å². The molecule has 1 aromatic carbocycles. The van der Waals surface area contributed by atoms with E-state index in [1.807, 2.05) is 45.0 Å². The normalized spacial score (nSPS) is 16.5. The topological polar surface area (TPSA) is 61.4 Å². The van der Waals surface area contributed by atoms with Crippen LogP contribution in [0.2, 0.25) is 0 Å². The van der Waals surface area contributed by atoms with Crippen LogP contribution in [0.4, 0.5) is 11.6 Å². The second-order valence-electron chi connectivity index (χ2n) is 6.50. The highest BCUT2D eigenvalue weighted by Crippen LogP contribution is 2.20. The molecule has 1 atom stereocenters. The summed E-state index contributed by atoms with van der Waals surface area (Å²) < 4.78 is 0. The van der Waals surface area contributed by atoms with E-state index in [1.165, 1.54) is 0 Å². The molecular weight excluding hydrogens is 314 g/mol. The van der Waals surface area contributed by atoms with Gasteiger partial charge in [-0.25, -0.2) is 9.97 Å². The lowest BCUT2D eigenvalue weighted by Gasteiger charge is -2.37. The minimum Gasteiger partial charge on any atom is -0.338 e. The molecule has 1 saturated heterocycles. The molecule has 0 spiro atoms. The van der Waals surface area contributed by atoms with Gasteiger partial charge in [-0.3, -0.25) is 9.69 Å². The number of carbonyl (C=O) groups excluding carboxylic acids is 1. The molecule has 0 aliphatic carbocycles. The first-order chi connectivity index (χ1) is 12.1. The average molecular weight is 339 g/mol. The minimum atomic E-state index is -0.169. The van der Waals surface area contributed by atoms with Crippen LogP contribution >= 0.6 is 0 Å². The second-order valence-corrected chi connectivity index (χ2v) is 6.50. The van der Waals surface area contributed by atoms with E-state index >= 15 is 0 Å². The van der Waals surface area contributed by atoms with E-state index in [1.54, 1.807) is 12.4 Å². The standard InChI is InChI=1S/C19H25N5O/c1-14-6-4-7-15(2)17(14)22-18(25)16(3)23-10-12-24(13-11-23)19-20-8-5-9-21-19/h4-9,16H,10-13H2,1-3H3,(H,22,25)/t16-/m0/s1. The number of amides is 1. The van der Waals surface area contributed by atoms with Crippen molar-refractivity contribution in [3.8, 4) is 0 Å². The Morgan fingerprint density at radius 3 is 2.24 bits per heavy atom. The number of aryl methyl sites for hydroxylation is 2. The molecule has 0 saturated carbocycles. The van der Waals surface area contributed by atoms with Gasteiger partial charge < -0.3 is 10.2 Å². The number of para-hydroxylation sites is 1. The first-order valence-electron chi connectivity index (χ1n) is 8.69. The Hall–Kier alpha value is -2.47. The Morgan fingerprint density at radius 1 is 1.04 bits per heavy atom. The predicted octanol–water partition coefficient (Wildman–Crippen LogP) is 2.24. The fraction of sp³-hybridized carbons (Fsp3) is 0.421. The van der Waals surface area contributed by atoms with Crippen molar-refractivity contribution in [2.75, 3.05) is 36.4 Å². The van der Waals surface area contributed by atoms with Gasteiger partial charge in [0, 0.05) is 44.3 Å². The SMILES string of the molecule is Cc1cccc(C)c1NC(=O)[C@H](C)N1CCN(c2ncccn2)CC1. The molecule has 132 valence electrons. The summed E-state index contributed by atoms with van der Waals surface area (Å²) in [6.45, 7) is 9.30. The Morgan fingerprint density at radius 2 is 1.64 bits per heavy atom. The number of aromatic nitrogens is 2. The maximum atomic E-state index is 12.7. The van der Waals surface area contributed by atoms with Crippen LogP contribution in [0, 0.1) is 13.8 Å². The molecule has 1 aliphatic heterocycles. The first kappa shape index (κ1) is 17.4. The summed E-state index contributed by atoms with van der Waals surface area (Å²) in [5, 5.41) is 3.10. The lowest BCUT2D eigenvalue weighted by Crippen LogP contribution is -2.53. The summed E-state index contributed by atoms with van der Waals surface area (Å²) in [5.74, 6) is 0.802. The molecule has 1 aromatic heterocycles. The van der Waals surface area contributed by atoms with Crippen molar-refractivity contribution in [1.82, 2.24) is 14.9 Å². The number of carbonyl (C=O) groups is 1. The second kappa shape index (κ2) is 7.61. The molecule has 25 heavy (non-hydrogen) atoms. The van der Waals surface area contributed by atoms with Gasteiger partial charge in [-0.15, -0.1) is 0 Å². The molecule has 6 heteroatoms. The number of piperazine rings is 1. The number of nitrogens with one attached hydrogen (secondary N) is 1. The van der Waals surface area contributed by atoms with Gasteiger partial charge >= 0.3 is 0 Å². The summed E-state index contributed by atoms with van der Waals surface area (Å²) in [4.78, 5) is 25.6. The van der Waals surface area contributed by atoms with Crippen LogP contribution in [0.3, 0.4) is 0 Å². The number of rotatable bonds is 4. The third kappa shape index (κ3) is 3.96. The van der Waals surface area contributed by atoms with Crippen LogP contribution in [-0.2, 0) is 4.79 Å². The van der Waals surface area contributed by atoms with Crippen molar-refractivity contribution in [2.45, 2.75) is 26.8 Å². The highest BCUT2D eigenvalue weighted by molar-refractivity contribution is 5.95. The van der Waals surface area contributed by atoms with Crippen molar-refractivity contribution >= 4 is 17.5 Å². The van der Waals surface area contributed by atoms with Gasteiger partial charge in [-0.05, 0) is 38.0 Å². The molecule has 3 rings (SSSR count). The summed E-state index contributed by atoms with van der Waals surface area (Å²) in [5.41, 5.74) is 3.11. The third-order valence-electron chi connectivity index (χ3n) is 4.81. The van der Waals surface area contributed by atoms with E-state index in [9.17, 15) is 4.79 Å². The number of anilines is 2. The van der Waals surface area contributed by atoms with Crippen LogP contribution in [0.1, 0.15) is 18.1 Å². The molecule has 6 nitrogen and oxygen atoms in total. The van der Waals surface area contributed by atoms with Crippen molar-refractivity contribution < 1.29 is 4.79 Å². The number of benzene rings is 1. The molecule has 0 bridgehead atoms. The smallest absolute Gasteiger partial charge is 0.241 e. The number of hydrogen-bond acceptors (Lipinski definition) is 5. The minimum absolute atomic E-state index is 0.0433. The molecule has 2 heterocycles. The van der Waals surface area contributed by atoms with Crippen LogP contribution in [0.15, 0.2) is 36.7 Å². The lowest BCUT2D eigenvalue weighted by molar-refractivity contribution is -0.120. The monoisotopic (exact) mass is 339 g/mol. The first-order valence-corrected chi connectivity index (χ1v) is 8.69. The van der Waals surface area contributed by atoms with E-state index in [0.717, 1.165) is 48.9 Å². The molecular formula is C19H25N5O. The summed E-state index contributed by atoms with van der Waals surface area (Å²) in [6, 6.07) is 7.70. The number of nitrogens with zero attached hydrogens (tertiary/aromatic N) is 4. The van der Waals surface area contributed by atoms with Crippen molar-refractivity contribution in [3.05, 3.63) is 47.8 Å². The molecule has 2 aromatic rings. The largest absolute Gasteiger partial charge is 0.338 e. The Labute approximate surface area is 148 Å². The van der Waals surface area contributed by atoms with Gasteiger partial charge in [0.1, 0.15) is 0 Å². The summed E-state index contributed by atoms with van der Waals surface area (Å²) >= 11 is 0. The van der Waals surface area contributed by atoms with Crippen LogP contribution in [-0.4, -0.2) is 53.0 Å². The van der Waals surface area contributed by atoms with E-state index < -0.39 is 0 Å². The zero-order chi connectivity index (χ0) is 17.8. The Kier molecular flexibility index (Phi) is 5.28. The van der Waals surface area contributed by atoms with Gasteiger partial charge in [-0.2, -0.15) is 0 Å². The fourth-order valence-corrected chi connectivity index (χ4v) is 3.17. The molecule has 1 fully saturated rings. The third-order valence-corrected chi connectivity index (χ3v) is 4.81. The molecule has 1 N–H and O–H groups in total. The van der Waals surface area contributed by atoms with Crippen molar-refractivity contribution in [3.63, 3.8) is 0 Å². The predicted molar refractivity (Wildman–Crippen MR) is 99.8 cm³/mol. The Balaban J connectivity index is 1.59. The van der Waals surface area contributed by atoms with Crippen molar-refractivity contribution in [1.29, 1.82) is 0 Å². The van der Waals surface area contributed by atoms with E-state index in [4.69, 9.17) is 0 Å². The van der Waals surface area contributed by atoms with Crippen LogP contribution in [0.5, 0.6) is 0 Å². The van der Waals surface area contributed by atoms with Gasteiger partial charge in [-0.1, -0.05) is 18.2 Å². The quantitative estimate of drug-likeness (QED) is 0.926. The fourth-order valence-electron chi connectivity index (χ4n) is 3.17. The summed E-state index contributed by atoms with van der Waals surface area (Å²) in [7, 11) is 0. The highest BCUT2D eigenvalue weighted by Gasteiger charge is 2.26. The van der Waals surface area contributed by atoms with E-state index in [-0.39, 0.29) is 11.9 Å². The highest BCUT2D eigenvalue weighted by atomic mass is 16.2. The van der Waals surface area contributed by atoms with E-state index in [2.05, 4.69) is 25.1 Å². The Bertz CT molecular complexity index is 706. The maximum Gasteiger partial charge on any atom is 0.241 e. The van der Waals surface area contributed by atoms with E-state index in [0.29, 0.717) is 0 Å². The molecule has 1 aliphatic rings. The van der Waals surface area contributed by atoms with Gasteiger partial charge in [0.15, 0.2) is 0 Å². The maximum absolute atomic E-state index is 12.7. The summed E-state index contributed by atoms with van der Waals surface area (Å²) in [6.07, 6.45) is 3.52. The van der Waals surface area contributed by atoms with Crippen molar-refractivity contribution in [2.24, 2.45) is 0 Å². The molecule has 0 radical (unpaired) electrons. The lowest BCUT2D eigenvalue weighted by atomic mass is 10.1. The molecule has 1 amide bonds. The average Bonchev–Trinajstić information content (AvgIpc) is 2.65. The van der Waals surface area contributed by atoms with Crippen LogP contribution in [0.25, 0.3) is 0 Å². The zero-order valence-electron chi connectivity index (χ0n) is 15.1. The van der Waals surface area contributed by atoms with Gasteiger partial charge in [0.25, 0.3) is 0 Å².